The molecule has 0 amide bonds. The number of nitrogens with zero attached hydrogens (tertiary/aromatic N) is 2. The van der Waals surface area contributed by atoms with Gasteiger partial charge in [-0.3, -0.25) is 8.98 Å². The van der Waals surface area contributed by atoms with Crippen LogP contribution in [-0.2, 0) is 27.3 Å². The smallest absolute Gasteiger partial charge is 0.333 e. The maximum atomic E-state index is 13.4. The Morgan fingerprint density at radius 1 is 1.25 bits per heavy atom. The van der Waals surface area contributed by atoms with Crippen molar-refractivity contribution in [1.29, 1.82) is 0 Å². The van der Waals surface area contributed by atoms with Crippen molar-refractivity contribution in [3.05, 3.63) is 78.9 Å². The molecule has 13 heteroatoms. The highest BCUT2D eigenvalue weighted by atomic mass is 79.9. The molecule has 0 unspecified atom stereocenters. The fourth-order valence-corrected chi connectivity index (χ4v) is 6.41. The molecule has 4 N–H and O–H groups in total. The molecule has 0 spiro atoms. The summed E-state index contributed by atoms with van der Waals surface area (Å²) in [6.07, 6.45) is 1.39. The van der Waals surface area contributed by atoms with E-state index in [-0.39, 0.29) is 30.8 Å². The molecule has 1 saturated carbocycles. The standard InChI is InChI=1S/C23H23BrClN3O6S2/c24-16-3-1-2-12(5-16)4-14-8-19(35-23(14)25)22(31)17-9-27-11-28-18(17)7-13-6-15(21(30)20(13)29)10-34-36(26,32)33/h1-3,5,8-9,11,13,15,20-21,29-30H,4,6-7,10H2,(H2,26,32,33)/t13-,15+,20-,21+/m0/s1. The maximum Gasteiger partial charge on any atom is 0.333 e. The lowest BCUT2D eigenvalue weighted by Crippen LogP contribution is -2.31. The van der Waals surface area contributed by atoms with Gasteiger partial charge < -0.3 is 10.2 Å². The molecule has 1 aliphatic rings. The average molecular weight is 617 g/mol. The molecule has 192 valence electrons. The molecule has 9 nitrogen and oxygen atoms in total. The van der Waals surface area contributed by atoms with Gasteiger partial charge in [0.2, 0.25) is 5.78 Å². The van der Waals surface area contributed by atoms with Crippen molar-refractivity contribution in [3.63, 3.8) is 0 Å². The van der Waals surface area contributed by atoms with E-state index < -0.39 is 34.3 Å². The van der Waals surface area contributed by atoms with E-state index in [4.69, 9.17) is 16.7 Å². The highest BCUT2D eigenvalue weighted by Gasteiger charge is 2.42. The van der Waals surface area contributed by atoms with Gasteiger partial charge in [-0.15, -0.1) is 11.3 Å². The van der Waals surface area contributed by atoms with Crippen molar-refractivity contribution < 1.29 is 27.6 Å². The highest BCUT2D eigenvalue weighted by molar-refractivity contribution is 9.10. The third-order valence-corrected chi connectivity index (χ3v) is 8.52. The zero-order valence-electron chi connectivity index (χ0n) is 18.8. The summed E-state index contributed by atoms with van der Waals surface area (Å²) in [6.45, 7) is -0.350. The number of hydrogen-bond donors (Lipinski definition) is 3. The number of nitrogens with two attached hydrogens (primary N) is 1. The topological polar surface area (TPSA) is 153 Å². The summed E-state index contributed by atoms with van der Waals surface area (Å²) in [5.74, 6) is -1.41. The number of rotatable bonds is 9. The molecule has 1 aromatic carbocycles. The van der Waals surface area contributed by atoms with E-state index in [1.54, 1.807) is 6.07 Å². The summed E-state index contributed by atoms with van der Waals surface area (Å²) in [5.41, 5.74) is 2.56. The predicted molar refractivity (Wildman–Crippen MR) is 138 cm³/mol. The van der Waals surface area contributed by atoms with E-state index >= 15 is 0 Å². The Kier molecular flexibility index (Phi) is 8.57. The Bertz CT molecular complexity index is 1370. The zero-order chi connectivity index (χ0) is 26.0. The summed E-state index contributed by atoms with van der Waals surface area (Å²) < 4.78 is 28.3. The van der Waals surface area contributed by atoms with Gasteiger partial charge in [0, 0.05) is 16.6 Å². The number of hydrogen-bond acceptors (Lipinski definition) is 9. The quantitative estimate of drug-likeness (QED) is 0.310. The van der Waals surface area contributed by atoms with Crippen LogP contribution in [0.15, 0.2) is 47.3 Å². The second-order valence-corrected chi connectivity index (χ2v) is 12.4. The van der Waals surface area contributed by atoms with Crippen LogP contribution >= 0.6 is 38.9 Å². The molecule has 3 aromatic rings. The van der Waals surface area contributed by atoms with Gasteiger partial charge in [-0.05, 0) is 54.5 Å². The molecular formula is C23H23BrClN3O6S2. The number of carbonyl (C=O) groups excluding carboxylic acids is 1. The van der Waals surface area contributed by atoms with Crippen LogP contribution in [0.5, 0.6) is 0 Å². The lowest BCUT2D eigenvalue weighted by atomic mass is 9.95. The zero-order valence-corrected chi connectivity index (χ0v) is 22.7. The van der Waals surface area contributed by atoms with Gasteiger partial charge in [0.25, 0.3) is 0 Å². The molecule has 1 fully saturated rings. The molecule has 1 aliphatic carbocycles. The molecule has 2 heterocycles. The first-order valence-electron chi connectivity index (χ1n) is 10.9. The van der Waals surface area contributed by atoms with Gasteiger partial charge in [0.05, 0.1) is 39.3 Å². The van der Waals surface area contributed by atoms with Crippen molar-refractivity contribution in [3.8, 4) is 0 Å². The van der Waals surface area contributed by atoms with Crippen LogP contribution in [0.4, 0.5) is 0 Å². The number of ketones is 1. The first-order valence-corrected chi connectivity index (χ1v) is 14.4. The summed E-state index contributed by atoms with van der Waals surface area (Å²) in [6, 6.07) is 9.59. The normalized spacial score (nSPS) is 22.1. The number of aromatic nitrogens is 2. The molecule has 4 atom stereocenters. The Morgan fingerprint density at radius 2 is 2.00 bits per heavy atom. The number of benzene rings is 1. The minimum absolute atomic E-state index is 0.178. The van der Waals surface area contributed by atoms with Crippen LogP contribution in [0.3, 0.4) is 0 Å². The number of thiophene rings is 1. The van der Waals surface area contributed by atoms with Crippen LogP contribution in [0.2, 0.25) is 4.34 Å². The lowest BCUT2D eigenvalue weighted by Gasteiger charge is -2.17. The fraction of sp³-hybridized carbons (Fsp3) is 0.348. The van der Waals surface area contributed by atoms with Crippen molar-refractivity contribution >= 4 is 55.0 Å². The number of aliphatic hydroxyl groups is 2. The van der Waals surface area contributed by atoms with Crippen LogP contribution < -0.4 is 5.14 Å². The molecule has 4 rings (SSSR count). The molecule has 0 saturated heterocycles. The second-order valence-electron chi connectivity index (χ2n) is 8.65. The van der Waals surface area contributed by atoms with E-state index in [1.807, 2.05) is 24.3 Å². The lowest BCUT2D eigenvalue weighted by molar-refractivity contribution is -0.00334. The SMILES string of the molecule is NS(=O)(=O)OC[C@H]1C[C@@H](Cc2ncncc2C(=O)c2cc(Cc3cccc(Br)c3)c(Cl)s2)[C@H](O)[C@@H]1O. The average Bonchev–Trinajstić information content (AvgIpc) is 3.31. The Labute approximate surface area is 225 Å². The van der Waals surface area contributed by atoms with Crippen molar-refractivity contribution in [2.45, 2.75) is 31.5 Å². The third kappa shape index (κ3) is 6.56. The molecule has 0 aliphatic heterocycles. The predicted octanol–water partition coefficient (Wildman–Crippen LogP) is 2.90. The second kappa shape index (κ2) is 11.3. The summed E-state index contributed by atoms with van der Waals surface area (Å²) in [5, 5.41) is 25.7. The summed E-state index contributed by atoms with van der Waals surface area (Å²) in [7, 11) is -4.17. The van der Waals surface area contributed by atoms with E-state index in [1.165, 1.54) is 23.9 Å². The van der Waals surface area contributed by atoms with Gasteiger partial charge in [-0.25, -0.2) is 15.1 Å². The molecular weight excluding hydrogens is 594 g/mol. The number of aliphatic hydroxyl groups excluding tert-OH is 2. The summed E-state index contributed by atoms with van der Waals surface area (Å²) >= 11 is 11.1. The van der Waals surface area contributed by atoms with Crippen LogP contribution in [0, 0.1) is 11.8 Å². The third-order valence-electron chi connectivity index (χ3n) is 6.13. The van der Waals surface area contributed by atoms with E-state index in [2.05, 4.69) is 30.1 Å². The minimum Gasteiger partial charge on any atom is -0.390 e. The van der Waals surface area contributed by atoms with Gasteiger partial charge in [0.1, 0.15) is 6.33 Å². The Hall–Kier alpha value is -1.77. The van der Waals surface area contributed by atoms with Gasteiger partial charge in [-0.1, -0.05) is 39.7 Å². The van der Waals surface area contributed by atoms with E-state index in [0.29, 0.717) is 21.3 Å². The Balaban J connectivity index is 1.51. The maximum absolute atomic E-state index is 13.4. The molecule has 0 bridgehead atoms. The van der Waals surface area contributed by atoms with Crippen molar-refractivity contribution in [2.75, 3.05) is 6.61 Å². The largest absolute Gasteiger partial charge is 0.390 e. The van der Waals surface area contributed by atoms with Gasteiger partial charge in [-0.2, -0.15) is 8.42 Å². The minimum atomic E-state index is -4.17. The number of halogens is 2. The first-order chi connectivity index (χ1) is 17.0. The highest BCUT2D eigenvalue weighted by Crippen LogP contribution is 2.36. The van der Waals surface area contributed by atoms with Gasteiger partial charge in [0.15, 0.2) is 0 Å². The Morgan fingerprint density at radius 3 is 2.72 bits per heavy atom. The summed E-state index contributed by atoms with van der Waals surface area (Å²) in [4.78, 5) is 22.1. The van der Waals surface area contributed by atoms with Crippen LogP contribution in [0.1, 0.15) is 38.5 Å². The van der Waals surface area contributed by atoms with Crippen LogP contribution in [-0.4, -0.2) is 53.2 Å². The van der Waals surface area contributed by atoms with Crippen molar-refractivity contribution in [2.24, 2.45) is 17.0 Å². The van der Waals surface area contributed by atoms with E-state index in [9.17, 15) is 23.4 Å². The molecule has 36 heavy (non-hydrogen) atoms. The monoisotopic (exact) mass is 615 g/mol. The van der Waals surface area contributed by atoms with E-state index in [0.717, 1.165) is 15.6 Å². The van der Waals surface area contributed by atoms with Crippen LogP contribution in [0.25, 0.3) is 0 Å². The fourth-order valence-electron chi connectivity index (χ4n) is 4.37. The van der Waals surface area contributed by atoms with Gasteiger partial charge >= 0.3 is 10.3 Å². The van der Waals surface area contributed by atoms with Crippen molar-refractivity contribution in [1.82, 2.24) is 9.97 Å². The number of carbonyl (C=O) groups is 1. The molecule has 2 aromatic heterocycles. The molecule has 0 radical (unpaired) electrons. The first kappa shape index (κ1) is 27.3.